The van der Waals surface area contributed by atoms with Crippen molar-refractivity contribution in [3.05, 3.63) is 35.4 Å². The Hall–Kier alpha value is -3.01. The molecule has 0 aliphatic carbocycles. The molecule has 2 N–H and O–H groups in total. The molecule has 3 amide bonds. The fourth-order valence-corrected chi connectivity index (χ4v) is 2.92. The SMILES string of the molecule is C#Cc1ccc(C(C(=O)NCCCC)N(CCC)C(=O)CNC(=O)OC(C)(C)C)cc1. The zero-order chi connectivity index (χ0) is 23.4. The summed E-state index contributed by atoms with van der Waals surface area (Å²) in [7, 11) is 0. The van der Waals surface area contributed by atoms with Crippen LogP contribution >= 0.6 is 0 Å². The number of carbonyl (C=O) groups is 3. The van der Waals surface area contributed by atoms with Gasteiger partial charge in [0.25, 0.3) is 0 Å². The summed E-state index contributed by atoms with van der Waals surface area (Å²) < 4.78 is 5.19. The largest absolute Gasteiger partial charge is 0.444 e. The Morgan fingerprint density at radius 3 is 2.26 bits per heavy atom. The van der Waals surface area contributed by atoms with Crippen LogP contribution < -0.4 is 10.6 Å². The van der Waals surface area contributed by atoms with Gasteiger partial charge in [-0.1, -0.05) is 38.3 Å². The maximum Gasteiger partial charge on any atom is 0.408 e. The first-order chi connectivity index (χ1) is 14.6. The van der Waals surface area contributed by atoms with E-state index in [0.717, 1.165) is 12.8 Å². The van der Waals surface area contributed by atoms with E-state index >= 15 is 0 Å². The number of unbranched alkanes of at least 4 members (excludes halogenated alkanes) is 1. The number of rotatable bonds is 10. The molecule has 0 aromatic heterocycles. The summed E-state index contributed by atoms with van der Waals surface area (Å²) in [5.74, 6) is 1.92. The minimum Gasteiger partial charge on any atom is -0.444 e. The summed E-state index contributed by atoms with van der Waals surface area (Å²) in [4.78, 5) is 39.5. The van der Waals surface area contributed by atoms with Gasteiger partial charge in [0.15, 0.2) is 0 Å². The second-order valence-corrected chi connectivity index (χ2v) is 8.26. The van der Waals surface area contributed by atoms with Crippen LogP contribution in [-0.2, 0) is 14.3 Å². The lowest BCUT2D eigenvalue weighted by atomic mass is 10.0. The predicted molar refractivity (Wildman–Crippen MR) is 121 cm³/mol. The summed E-state index contributed by atoms with van der Waals surface area (Å²) in [5.41, 5.74) is 0.678. The number of carbonyl (C=O) groups excluding carboxylic acids is 3. The molecular formula is C24H35N3O4. The maximum absolute atomic E-state index is 13.1. The molecule has 0 saturated carbocycles. The minimum absolute atomic E-state index is 0.263. The van der Waals surface area contributed by atoms with E-state index in [1.165, 1.54) is 4.90 Å². The van der Waals surface area contributed by atoms with Crippen molar-refractivity contribution in [1.29, 1.82) is 0 Å². The van der Waals surface area contributed by atoms with E-state index in [2.05, 4.69) is 16.6 Å². The highest BCUT2D eigenvalue weighted by atomic mass is 16.6. The molecule has 1 aromatic carbocycles. The number of amides is 3. The highest BCUT2D eigenvalue weighted by Gasteiger charge is 2.31. The summed E-state index contributed by atoms with van der Waals surface area (Å²) in [6.45, 7) is 9.82. The van der Waals surface area contributed by atoms with Gasteiger partial charge < -0.3 is 20.3 Å². The predicted octanol–water partition coefficient (Wildman–Crippen LogP) is 3.39. The van der Waals surface area contributed by atoms with E-state index in [4.69, 9.17) is 11.2 Å². The molecule has 7 nitrogen and oxygen atoms in total. The zero-order valence-corrected chi connectivity index (χ0v) is 19.3. The summed E-state index contributed by atoms with van der Waals surface area (Å²) in [6, 6.07) is 6.19. The van der Waals surface area contributed by atoms with Gasteiger partial charge in [0, 0.05) is 18.7 Å². The Bertz CT molecular complexity index is 775. The second kappa shape index (κ2) is 12.6. The van der Waals surface area contributed by atoms with E-state index in [0.29, 0.717) is 30.6 Å². The normalized spacial score (nSPS) is 11.7. The van der Waals surface area contributed by atoms with Crippen LogP contribution in [0.1, 0.15) is 71.0 Å². The third-order valence-corrected chi connectivity index (χ3v) is 4.35. The second-order valence-electron chi connectivity index (χ2n) is 8.26. The van der Waals surface area contributed by atoms with Crippen LogP contribution in [0.5, 0.6) is 0 Å². The molecule has 31 heavy (non-hydrogen) atoms. The monoisotopic (exact) mass is 429 g/mol. The van der Waals surface area contributed by atoms with E-state index < -0.39 is 17.7 Å². The molecule has 0 aliphatic heterocycles. The van der Waals surface area contributed by atoms with Crippen molar-refractivity contribution in [3.63, 3.8) is 0 Å². The Labute approximate surface area is 185 Å². The lowest BCUT2D eigenvalue weighted by molar-refractivity contribution is -0.140. The van der Waals surface area contributed by atoms with Gasteiger partial charge in [-0.3, -0.25) is 9.59 Å². The molecule has 7 heteroatoms. The minimum atomic E-state index is -0.823. The van der Waals surface area contributed by atoms with Gasteiger partial charge in [-0.2, -0.15) is 0 Å². The summed E-state index contributed by atoms with van der Waals surface area (Å²) in [6.07, 6.45) is 7.20. The van der Waals surface area contributed by atoms with Gasteiger partial charge in [-0.15, -0.1) is 6.42 Å². The van der Waals surface area contributed by atoms with E-state index in [9.17, 15) is 14.4 Å². The number of terminal acetylenes is 1. The van der Waals surface area contributed by atoms with Crippen LogP contribution in [0.25, 0.3) is 0 Å². The Kier molecular flexibility index (Phi) is 10.6. The van der Waals surface area contributed by atoms with Crippen LogP contribution in [0.2, 0.25) is 0 Å². The number of hydrogen-bond donors (Lipinski definition) is 2. The van der Waals surface area contributed by atoms with Gasteiger partial charge in [0.2, 0.25) is 11.8 Å². The molecule has 0 saturated heterocycles. The molecule has 0 heterocycles. The molecule has 0 fully saturated rings. The van der Waals surface area contributed by atoms with Crippen molar-refractivity contribution in [2.24, 2.45) is 0 Å². The summed E-state index contributed by atoms with van der Waals surface area (Å²) >= 11 is 0. The van der Waals surface area contributed by atoms with Crippen LogP contribution in [0.3, 0.4) is 0 Å². The van der Waals surface area contributed by atoms with Crippen molar-refractivity contribution < 1.29 is 19.1 Å². The Morgan fingerprint density at radius 2 is 1.74 bits per heavy atom. The van der Waals surface area contributed by atoms with Gasteiger partial charge in [0.1, 0.15) is 18.2 Å². The third-order valence-electron chi connectivity index (χ3n) is 4.35. The van der Waals surface area contributed by atoms with Gasteiger partial charge in [-0.05, 0) is 51.3 Å². The van der Waals surface area contributed by atoms with E-state index in [1.807, 2.05) is 13.8 Å². The maximum atomic E-state index is 13.1. The fraction of sp³-hybridized carbons (Fsp3) is 0.542. The van der Waals surface area contributed by atoms with Crippen LogP contribution in [0.4, 0.5) is 4.79 Å². The molecule has 1 unspecified atom stereocenters. The smallest absolute Gasteiger partial charge is 0.408 e. The van der Waals surface area contributed by atoms with Gasteiger partial charge >= 0.3 is 6.09 Å². The molecule has 0 spiro atoms. The lowest BCUT2D eigenvalue weighted by Gasteiger charge is -2.31. The van der Waals surface area contributed by atoms with Gasteiger partial charge in [0.05, 0.1) is 0 Å². The molecular weight excluding hydrogens is 394 g/mol. The molecule has 0 radical (unpaired) electrons. The number of alkyl carbamates (subject to hydrolysis) is 1. The first kappa shape index (κ1) is 26.0. The highest BCUT2D eigenvalue weighted by molar-refractivity contribution is 5.90. The Balaban J connectivity index is 3.09. The molecule has 0 aliphatic rings. The van der Waals surface area contributed by atoms with Crippen LogP contribution in [-0.4, -0.2) is 48.0 Å². The van der Waals surface area contributed by atoms with Crippen molar-refractivity contribution in [2.45, 2.75) is 65.5 Å². The molecule has 1 rings (SSSR count). The van der Waals surface area contributed by atoms with Crippen molar-refractivity contribution in [3.8, 4) is 12.3 Å². The highest BCUT2D eigenvalue weighted by Crippen LogP contribution is 2.22. The number of ether oxygens (including phenoxy) is 1. The number of nitrogens with zero attached hydrogens (tertiary/aromatic N) is 1. The molecule has 1 aromatic rings. The topological polar surface area (TPSA) is 87.7 Å². The average molecular weight is 430 g/mol. The molecule has 170 valence electrons. The molecule has 0 bridgehead atoms. The first-order valence-electron chi connectivity index (χ1n) is 10.7. The van der Waals surface area contributed by atoms with Crippen molar-refractivity contribution in [2.75, 3.05) is 19.6 Å². The van der Waals surface area contributed by atoms with E-state index in [-0.39, 0.29) is 18.4 Å². The molecule has 1 atom stereocenters. The third kappa shape index (κ3) is 9.12. The number of hydrogen-bond acceptors (Lipinski definition) is 4. The standard InChI is InChI=1S/C24H35N3O4/c1-7-10-15-25-22(29)21(19-13-11-18(9-3)12-14-19)27(16-8-2)20(28)17-26-23(30)31-24(4,5)6/h3,11-14,21H,7-8,10,15-17H2,1-2,4-6H3,(H,25,29)(H,26,30). The first-order valence-corrected chi connectivity index (χ1v) is 10.7. The fourth-order valence-electron chi connectivity index (χ4n) is 2.92. The number of benzene rings is 1. The zero-order valence-electron chi connectivity index (χ0n) is 19.3. The quantitative estimate of drug-likeness (QED) is 0.441. The van der Waals surface area contributed by atoms with Crippen LogP contribution in [0.15, 0.2) is 24.3 Å². The summed E-state index contributed by atoms with van der Waals surface area (Å²) in [5, 5.41) is 5.40. The average Bonchev–Trinajstić information content (AvgIpc) is 2.71. The Morgan fingerprint density at radius 1 is 1.10 bits per heavy atom. The van der Waals surface area contributed by atoms with Crippen molar-refractivity contribution >= 4 is 17.9 Å². The van der Waals surface area contributed by atoms with Crippen molar-refractivity contribution in [1.82, 2.24) is 15.5 Å². The van der Waals surface area contributed by atoms with E-state index in [1.54, 1.807) is 45.0 Å². The number of nitrogens with one attached hydrogen (secondary N) is 2. The van der Waals surface area contributed by atoms with Gasteiger partial charge in [-0.25, -0.2) is 4.79 Å². The lowest BCUT2D eigenvalue weighted by Crippen LogP contribution is -2.48. The van der Waals surface area contributed by atoms with Crippen LogP contribution in [0, 0.1) is 12.3 Å².